The van der Waals surface area contributed by atoms with Crippen LogP contribution in [0.3, 0.4) is 0 Å². The van der Waals surface area contributed by atoms with E-state index in [1.807, 2.05) is 6.92 Å². The number of carboxylic acids is 1. The van der Waals surface area contributed by atoms with Gasteiger partial charge < -0.3 is 9.84 Å². The molecular formula is C14H17F2NO3. The number of aliphatic carboxylic acids is 1. The highest BCUT2D eigenvalue weighted by molar-refractivity contribution is 5.71. The molecule has 1 aliphatic rings. The molecule has 1 saturated heterocycles. The van der Waals surface area contributed by atoms with Gasteiger partial charge in [-0.15, -0.1) is 0 Å². The topological polar surface area (TPSA) is 49.8 Å². The van der Waals surface area contributed by atoms with Gasteiger partial charge in [0.1, 0.15) is 5.75 Å². The third kappa shape index (κ3) is 3.66. The number of benzene rings is 1. The molecule has 4 nitrogen and oxygen atoms in total. The van der Waals surface area contributed by atoms with Crippen LogP contribution in [0.5, 0.6) is 5.75 Å². The third-order valence-electron chi connectivity index (χ3n) is 3.56. The van der Waals surface area contributed by atoms with Crippen molar-refractivity contribution in [3.05, 3.63) is 29.8 Å². The van der Waals surface area contributed by atoms with Gasteiger partial charge in [0.05, 0.1) is 5.92 Å². The third-order valence-corrected chi connectivity index (χ3v) is 3.56. The zero-order valence-electron chi connectivity index (χ0n) is 11.1. The zero-order chi connectivity index (χ0) is 14.7. The van der Waals surface area contributed by atoms with Gasteiger partial charge in [-0.1, -0.05) is 19.1 Å². The summed E-state index contributed by atoms with van der Waals surface area (Å²) in [7, 11) is 0. The van der Waals surface area contributed by atoms with Crippen molar-refractivity contribution >= 4 is 5.97 Å². The van der Waals surface area contributed by atoms with Crippen LogP contribution in [0.4, 0.5) is 8.78 Å². The summed E-state index contributed by atoms with van der Waals surface area (Å²) >= 11 is 0. The number of hydrogen-bond donors (Lipinski definition) is 1. The van der Waals surface area contributed by atoms with Crippen LogP contribution in [0, 0.1) is 11.8 Å². The second-order valence-electron chi connectivity index (χ2n) is 5.14. The number of rotatable bonds is 5. The Morgan fingerprint density at radius 1 is 1.40 bits per heavy atom. The summed E-state index contributed by atoms with van der Waals surface area (Å²) in [6.45, 7) is 0.969. The highest BCUT2D eigenvalue weighted by atomic mass is 19.3. The number of carbonyl (C=O) groups is 1. The fourth-order valence-electron chi connectivity index (χ4n) is 2.55. The van der Waals surface area contributed by atoms with Crippen molar-refractivity contribution in [1.82, 2.24) is 4.90 Å². The molecule has 20 heavy (non-hydrogen) atoms. The minimum Gasteiger partial charge on any atom is -0.481 e. The normalized spacial score (nSPS) is 23.2. The largest absolute Gasteiger partial charge is 0.481 e. The van der Waals surface area contributed by atoms with Crippen LogP contribution in [0.25, 0.3) is 0 Å². The maximum absolute atomic E-state index is 12.0. The Balaban J connectivity index is 1.92. The van der Waals surface area contributed by atoms with Gasteiger partial charge in [0.25, 0.3) is 0 Å². The number of hydrogen-bond acceptors (Lipinski definition) is 3. The molecule has 2 atom stereocenters. The van der Waals surface area contributed by atoms with E-state index in [9.17, 15) is 13.6 Å². The monoisotopic (exact) mass is 285 g/mol. The molecular weight excluding hydrogens is 268 g/mol. The van der Waals surface area contributed by atoms with E-state index in [1.54, 1.807) is 12.1 Å². The van der Waals surface area contributed by atoms with Crippen LogP contribution < -0.4 is 4.74 Å². The molecule has 0 saturated carbocycles. The highest BCUT2D eigenvalue weighted by Crippen LogP contribution is 2.25. The number of alkyl halides is 2. The van der Waals surface area contributed by atoms with E-state index in [0.29, 0.717) is 13.1 Å². The smallest absolute Gasteiger partial charge is 0.387 e. The van der Waals surface area contributed by atoms with Gasteiger partial charge in [-0.3, -0.25) is 9.69 Å². The molecule has 0 unspecified atom stereocenters. The SMILES string of the molecule is C[C@@H]1CN(Cc2ccc(OC(F)F)cc2)C[C@H]1C(=O)O. The van der Waals surface area contributed by atoms with E-state index in [2.05, 4.69) is 9.64 Å². The first-order valence-corrected chi connectivity index (χ1v) is 6.44. The van der Waals surface area contributed by atoms with Crippen molar-refractivity contribution in [3.8, 4) is 5.75 Å². The van der Waals surface area contributed by atoms with Crippen molar-refractivity contribution in [2.45, 2.75) is 20.1 Å². The van der Waals surface area contributed by atoms with Gasteiger partial charge in [0, 0.05) is 19.6 Å². The van der Waals surface area contributed by atoms with Crippen molar-refractivity contribution in [1.29, 1.82) is 0 Å². The Morgan fingerprint density at radius 3 is 2.55 bits per heavy atom. The Labute approximate surface area is 116 Å². The maximum Gasteiger partial charge on any atom is 0.387 e. The molecule has 0 bridgehead atoms. The minimum atomic E-state index is -2.82. The first-order chi connectivity index (χ1) is 9.45. The first-order valence-electron chi connectivity index (χ1n) is 6.44. The Morgan fingerprint density at radius 2 is 2.05 bits per heavy atom. The lowest BCUT2D eigenvalue weighted by Crippen LogP contribution is -2.23. The lowest BCUT2D eigenvalue weighted by atomic mass is 9.99. The van der Waals surface area contributed by atoms with Crippen molar-refractivity contribution in [2.75, 3.05) is 13.1 Å². The second-order valence-corrected chi connectivity index (χ2v) is 5.14. The molecule has 0 aromatic heterocycles. The predicted molar refractivity (Wildman–Crippen MR) is 68.6 cm³/mol. The average molecular weight is 285 g/mol. The molecule has 1 N–H and O–H groups in total. The predicted octanol–water partition coefficient (Wildman–Crippen LogP) is 2.44. The summed E-state index contributed by atoms with van der Waals surface area (Å²) in [6, 6.07) is 6.43. The minimum absolute atomic E-state index is 0.119. The molecule has 1 heterocycles. The van der Waals surface area contributed by atoms with E-state index in [0.717, 1.165) is 12.1 Å². The summed E-state index contributed by atoms with van der Waals surface area (Å²) in [6.07, 6.45) is 0. The summed E-state index contributed by atoms with van der Waals surface area (Å²) in [5.41, 5.74) is 0.949. The molecule has 2 rings (SSSR count). The Hall–Kier alpha value is -1.69. The van der Waals surface area contributed by atoms with E-state index in [-0.39, 0.29) is 17.6 Å². The maximum atomic E-state index is 12.0. The lowest BCUT2D eigenvalue weighted by Gasteiger charge is -2.15. The van der Waals surface area contributed by atoms with Crippen molar-refractivity contribution in [3.63, 3.8) is 0 Å². The molecule has 1 fully saturated rings. The van der Waals surface area contributed by atoms with Crippen molar-refractivity contribution in [2.24, 2.45) is 11.8 Å². The summed E-state index contributed by atoms with van der Waals surface area (Å²) < 4.78 is 28.3. The number of carboxylic acid groups (broad SMARTS) is 1. The average Bonchev–Trinajstić information content (AvgIpc) is 2.72. The number of ether oxygens (including phenoxy) is 1. The molecule has 0 spiro atoms. The summed E-state index contributed by atoms with van der Waals surface area (Å²) in [5, 5.41) is 9.07. The van der Waals surface area contributed by atoms with E-state index < -0.39 is 12.6 Å². The number of likely N-dealkylation sites (tertiary alicyclic amines) is 1. The van der Waals surface area contributed by atoms with E-state index >= 15 is 0 Å². The number of halogens is 2. The van der Waals surface area contributed by atoms with Gasteiger partial charge >= 0.3 is 12.6 Å². The highest BCUT2D eigenvalue weighted by Gasteiger charge is 2.34. The molecule has 0 amide bonds. The van der Waals surface area contributed by atoms with Gasteiger partial charge in [0.2, 0.25) is 0 Å². The van der Waals surface area contributed by atoms with Crippen LogP contribution in [-0.4, -0.2) is 35.7 Å². The van der Waals surface area contributed by atoms with Gasteiger partial charge in [-0.2, -0.15) is 8.78 Å². The molecule has 1 aromatic rings. The Bertz CT molecular complexity index is 464. The van der Waals surface area contributed by atoms with Gasteiger partial charge in [-0.25, -0.2) is 0 Å². The molecule has 1 aromatic carbocycles. The van der Waals surface area contributed by atoms with Gasteiger partial charge in [0.15, 0.2) is 0 Å². The Kier molecular flexibility index (Phi) is 4.54. The van der Waals surface area contributed by atoms with Crippen LogP contribution in [0.1, 0.15) is 12.5 Å². The van der Waals surface area contributed by atoms with Gasteiger partial charge in [-0.05, 0) is 23.6 Å². The lowest BCUT2D eigenvalue weighted by molar-refractivity contribution is -0.142. The fraction of sp³-hybridized carbons (Fsp3) is 0.500. The fourth-order valence-corrected chi connectivity index (χ4v) is 2.55. The van der Waals surface area contributed by atoms with Crippen LogP contribution in [-0.2, 0) is 11.3 Å². The first kappa shape index (κ1) is 14.7. The zero-order valence-corrected chi connectivity index (χ0v) is 11.1. The van der Waals surface area contributed by atoms with Crippen molar-refractivity contribution < 1.29 is 23.4 Å². The van der Waals surface area contributed by atoms with E-state index in [1.165, 1.54) is 12.1 Å². The van der Waals surface area contributed by atoms with E-state index in [4.69, 9.17) is 5.11 Å². The standard InChI is InChI=1S/C14H17F2NO3/c1-9-6-17(8-12(9)13(18)19)7-10-2-4-11(5-3-10)20-14(15)16/h2-5,9,12,14H,6-8H2,1H3,(H,18,19)/t9-,12-/m1/s1. The summed E-state index contributed by atoms with van der Waals surface area (Å²) in [5.74, 6) is -0.854. The van der Waals surface area contributed by atoms with Crippen LogP contribution in [0.2, 0.25) is 0 Å². The quantitative estimate of drug-likeness (QED) is 0.902. The molecule has 1 aliphatic heterocycles. The molecule has 0 aliphatic carbocycles. The van der Waals surface area contributed by atoms with Crippen LogP contribution >= 0.6 is 0 Å². The molecule has 0 radical (unpaired) electrons. The number of nitrogens with zero attached hydrogens (tertiary/aromatic N) is 1. The van der Waals surface area contributed by atoms with Crippen LogP contribution in [0.15, 0.2) is 24.3 Å². The molecule has 6 heteroatoms. The molecule has 110 valence electrons. The second kappa shape index (κ2) is 6.17. The summed E-state index contributed by atoms with van der Waals surface area (Å²) in [4.78, 5) is 13.1.